The summed E-state index contributed by atoms with van der Waals surface area (Å²) in [5.41, 5.74) is 6.64. The molecule has 3 N–H and O–H groups in total. The molecule has 1 aromatic heterocycles. The summed E-state index contributed by atoms with van der Waals surface area (Å²) in [4.78, 5) is 8.55. The lowest BCUT2D eigenvalue weighted by Gasteiger charge is -2.12. The second-order valence-electron chi connectivity index (χ2n) is 4.46. The maximum Gasteiger partial charge on any atom is 0.222 e. The van der Waals surface area contributed by atoms with E-state index < -0.39 is 0 Å². The van der Waals surface area contributed by atoms with Gasteiger partial charge in [-0.15, -0.1) is 0 Å². The van der Waals surface area contributed by atoms with Crippen LogP contribution in [-0.4, -0.2) is 27.5 Å². The number of fused-ring (bicyclic) bond motifs is 1. The lowest BCUT2D eigenvalue weighted by Crippen LogP contribution is -2.15. The molecular weight excluding hydrogens is 244 g/mol. The van der Waals surface area contributed by atoms with Crippen molar-refractivity contribution < 1.29 is 0 Å². The molecule has 0 spiro atoms. The van der Waals surface area contributed by atoms with E-state index in [1.807, 2.05) is 36.0 Å². The zero-order valence-corrected chi connectivity index (χ0v) is 10.9. The van der Waals surface area contributed by atoms with Crippen molar-refractivity contribution in [3.63, 3.8) is 0 Å². The minimum atomic E-state index is 0.329. The number of thioether (sulfide) groups is 1. The van der Waals surface area contributed by atoms with Crippen molar-refractivity contribution >= 4 is 34.4 Å². The Labute approximate surface area is 110 Å². The number of para-hydroxylation sites is 1. The summed E-state index contributed by atoms with van der Waals surface area (Å²) in [6.07, 6.45) is 2.61. The number of nitrogens with one attached hydrogen (secondary N) is 1. The minimum Gasteiger partial charge on any atom is -0.368 e. The third kappa shape index (κ3) is 2.36. The van der Waals surface area contributed by atoms with Crippen molar-refractivity contribution in [2.24, 2.45) is 0 Å². The van der Waals surface area contributed by atoms with Gasteiger partial charge in [-0.05, 0) is 30.7 Å². The van der Waals surface area contributed by atoms with Crippen molar-refractivity contribution in [3.05, 3.63) is 24.3 Å². The lowest BCUT2D eigenvalue weighted by molar-refractivity contribution is 0.804. The Hall–Kier alpha value is -1.49. The van der Waals surface area contributed by atoms with Gasteiger partial charge in [-0.2, -0.15) is 16.7 Å². The van der Waals surface area contributed by atoms with Gasteiger partial charge in [0.15, 0.2) is 0 Å². The van der Waals surface area contributed by atoms with Gasteiger partial charge >= 0.3 is 0 Å². The Morgan fingerprint density at radius 3 is 3.06 bits per heavy atom. The summed E-state index contributed by atoms with van der Waals surface area (Å²) in [5.74, 6) is 2.46. The molecule has 1 fully saturated rings. The fraction of sp³-hybridized carbons (Fsp3) is 0.385. The normalized spacial score (nSPS) is 19.2. The number of nitrogens with zero attached hydrogens (tertiary/aromatic N) is 2. The van der Waals surface area contributed by atoms with E-state index in [4.69, 9.17) is 5.73 Å². The molecule has 2 heterocycles. The molecule has 1 aliphatic heterocycles. The summed E-state index contributed by atoms with van der Waals surface area (Å²) in [7, 11) is 0. The van der Waals surface area contributed by atoms with Crippen molar-refractivity contribution in [2.75, 3.05) is 23.3 Å². The van der Waals surface area contributed by atoms with Gasteiger partial charge in [-0.1, -0.05) is 12.1 Å². The Morgan fingerprint density at radius 2 is 2.22 bits per heavy atom. The van der Waals surface area contributed by atoms with E-state index in [2.05, 4.69) is 15.3 Å². The van der Waals surface area contributed by atoms with E-state index in [0.29, 0.717) is 11.2 Å². The van der Waals surface area contributed by atoms with E-state index in [1.54, 1.807) is 0 Å². The first-order valence-electron chi connectivity index (χ1n) is 6.20. The van der Waals surface area contributed by atoms with Crippen LogP contribution in [0.4, 0.5) is 11.8 Å². The number of nitrogens with two attached hydrogens (primary N) is 1. The minimum absolute atomic E-state index is 0.329. The highest BCUT2D eigenvalue weighted by molar-refractivity contribution is 8.00. The van der Waals surface area contributed by atoms with Crippen LogP contribution in [0.15, 0.2) is 24.3 Å². The molecule has 1 atom stereocenters. The highest BCUT2D eigenvalue weighted by Gasteiger charge is 2.16. The standard InChI is InChI=1S/C13H16N4S/c14-13-16-11-6-2-1-5-10(11)12(17-13)15-8-9-4-3-7-18-9/h1-2,5-6,9H,3-4,7-8H2,(H3,14,15,16,17). The number of aromatic nitrogens is 2. The van der Waals surface area contributed by atoms with Crippen molar-refractivity contribution in [2.45, 2.75) is 18.1 Å². The predicted octanol–water partition coefficient (Wildman–Crippen LogP) is 2.52. The highest BCUT2D eigenvalue weighted by atomic mass is 32.2. The van der Waals surface area contributed by atoms with Crippen molar-refractivity contribution in [3.8, 4) is 0 Å². The maximum atomic E-state index is 5.74. The molecule has 1 aliphatic rings. The number of anilines is 2. The Morgan fingerprint density at radius 1 is 1.33 bits per heavy atom. The quantitative estimate of drug-likeness (QED) is 0.888. The fourth-order valence-electron chi connectivity index (χ4n) is 2.25. The molecule has 0 radical (unpaired) electrons. The van der Waals surface area contributed by atoms with Crippen molar-refractivity contribution in [1.29, 1.82) is 0 Å². The first-order valence-corrected chi connectivity index (χ1v) is 7.25. The van der Waals surface area contributed by atoms with E-state index in [0.717, 1.165) is 23.3 Å². The third-order valence-electron chi connectivity index (χ3n) is 3.14. The smallest absolute Gasteiger partial charge is 0.222 e. The molecule has 18 heavy (non-hydrogen) atoms. The monoisotopic (exact) mass is 260 g/mol. The van der Waals surface area contributed by atoms with Crippen LogP contribution in [-0.2, 0) is 0 Å². The molecular formula is C13H16N4S. The van der Waals surface area contributed by atoms with E-state index in [-0.39, 0.29) is 0 Å². The van der Waals surface area contributed by atoms with Crippen LogP contribution in [0.3, 0.4) is 0 Å². The van der Waals surface area contributed by atoms with Gasteiger partial charge in [-0.3, -0.25) is 0 Å². The first kappa shape index (κ1) is 11.6. The fourth-order valence-corrected chi connectivity index (χ4v) is 3.45. The van der Waals surface area contributed by atoms with Gasteiger partial charge in [0.05, 0.1) is 5.52 Å². The number of hydrogen-bond donors (Lipinski definition) is 2. The SMILES string of the molecule is Nc1nc(NCC2CCCS2)c2ccccc2n1. The number of rotatable bonds is 3. The molecule has 0 amide bonds. The summed E-state index contributed by atoms with van der Waals surface area (Å²) in [6.45, 7) is 0.950. The van der Waals surface area contributed by atoms with Crippen LogP contribution in [0, 0.1) is 0 Å². The van der Waals surface area contributed by atoms with E-state index >= 15 is 0 Å². The molecule has 0 aliphatic carbocycles. The average molecular weight is 260 g/mol. The molecule has 1 saturated heterocycles. The lowest BCUT2D eigenvalue weighted by atomic mass is 10.2. The van der Waals surface area contributed by atoms with Crippen LogP contribution in [0.25, 0.3) is 10.9 Å². The van der Waals surface area contributed by atoms with Crippen LogP contribution < -0.4 is 11.1 Å². The third-order valence-corrected chi connectivity index (χ3v) is 4.54. The average Bonchev–Trinajstić information content (AvgIpc) is 2.89. The number of benzene rings is 1. The van der Waals surface area contributed by atoms with E-state index in [1.165, 1.54) is 18.6 Å². The Balaban J connectivity index is 1.85. The molecule has 2 aromatic rings. The number of hydrogen-bond acceptors (Lipinski definition) is 5. The van der Waals surface area contributed by atoms with Gasteiger partial charge in [0.2, 0.25) is 5.95 Å². The Kier molecular flexibility index (Phi) is 3.23. The number of nitrogen functional groups attached to an aromatic ring is 1. The van der Waals surface area contributed by atoms with Gasteiger partial charge in [0.25, 0.3) is 0 Å². The second kappa shape index (κ2) is 5.02. The predicted molar refractivity (Wildman–Crippen MR) is 77.9 cm³/mol. The van der Waals surface area contributed by atoms with Crippen LogP contribution >= 0.6 is 11.8 Å². The van der Waals surface area contributed by atoms with E-state index in [9.17, 15) is 0 Å². The molecule has 1 aromatic carbocycles. The molecule has 0 bridgehead atoms. The van der Waals surface area contributed by atoms with Crippen LogP contribution in [0.1, 0.15) is 12.8 Å². The topological polar surface area (TPSA) is 63.8 Å². The largest absolute Gasteiger partial charge is 0.368 e. The zero-order valence-electron chi connectivity index (χ0n) is 10.1. The molecule has 3 rings (SSSR count). The molecule has 5 heteroatoms. The molecule has 1 unspecified atom stereocenters. The maximum absolute atomic E-state index is 5.74. The summed E-state index contributed by atoms with van der Waals surface area (Å²) in [6, 6.07) is 7.95. The first-order chi connectivity index (χ1) is 8.83. The summed E-state index contributed by atoms with van der Waals surface area (Å²) < 4.78 is 0. The van der Waals surface area contributed by atoms with Gasteiger partial charge in [0.1, 0.15) is 5.82 Å². The molecule has 94 valence electrons. The zero-order chi connectivity index (χ0) is 12.4. The highest BCUT2D eigenvalue weighted by Crippen LogP contribution is 2.27. The van der Waals surface area contributed by atoms with Gasteiger partial charge in [0, 0.05) is 17.2 Å². The summed E-state index contributed by atoms with van der Waals surface area (Å²) in [5, 5.41) is 5.15. The van der Waals surface area contributed by atoms with Gasteiger partial charge in [-0.25, -0.2) is 4.98 Å². The summed E-state index contributed by atoms with van der Waals surface area (Å²) >= 11 is 2.03. The van der Waals surface area contributed by atoms with Crippen molar-refractivity contribution in [1.82, 2.24) is 9.97 Å². The molecule has 4 nitrogen and oxygen atoms in total. The Bertz CT molecular complexity index is 552. The van der Waals surface area contributed by atoms with Crippen LogP contribution in [0.5, 0.6) is 0 Å². The second-order valence-corrected chi connectivity index (χ2v) is 5.87. The molecule has 0 saturated carbocycles. The van der Waals surface area contributed by atoms with Crippen LogP contribution in [0.2, 0.25) is 0 Å². The van der Waals surface area contributed by atoms with Gasteiger partial charge < -0.3 is 11.1 Å².